The van der Waals surface area contributed by atoms with E-state index in [0.717, 1.165) is 21.3 Å². The van der Waals surface area contributed by atoms with Crippen molar-refractivity contribution in [2.24, 2.45) is 5.84 Å². The second-order valence-corrected chi connectivity index (χ2v) is 5.49. The van der Waals surface area contributed by atoms with Crippen LogP contribution in [0.3, 0.4) is 0 Å². The predicted octanol–water partition coefficient (Wildman–Crippen LogP) is 3.60. The Bertz CT molecular complexity index is 656. The molecule has 0 bridgehead atoms. The molecule has 0 unspecified atom stereocenters. The zero-order valence-corrected chi connectivity index (χ0v) is 12.9. The Hall–Kier alpha value is -1.85. The lowest BCUT2D eigenvalue weighted by atomic mass is 10.1. The molecule has 4 N–H and O–H groups in total. The number of carbonyl (C=O) groups excluding carboxylic acids is 1. The zero-order chi connectivity index (χ0) is 14.7. The summed E-state index contributed by atoms with van der Waals surface area (Å²) in [6.07, 6.45) is 0. The SMILES string of the molecule is Cc1ccc(Br)c(NC(=O)c2cc(C)ccc2NN)c1. The van der Waals surface area contributed by atoms with Gasteiger partial charge in [-0.05, 0) is 59.6 Å². The van der Waals surface area contributed by atoms with Gasteiger partial charge in [0.15, 0.2) is 0 Å². The molecule has 0 saturated carbocycles. The second-order valence-electron chi connectivity index (χ2n) is 4.63. The van der Waals surface area contributed by atoms with Gasteiger partial charge in [0.2, 0.25) is 0 Å². The molecule has 0 aromatic heterocycles. The van der Waals surface area contributed by atoms with E-state index in [1.807, 2.05) is 38.1 Å². The Balaban J connectivity index is 2.32. The molecule has 0 fully saturated rings. The van der Waals surface area contributed by atoms with Crippen molar-refractivity contribution in [1.29, 1.82) is 0 Å². The summed E-state index contributed by atoms with van der Waals surface area (Å²) in [4.78, 5) is 12.4. The first-order valence-electron chi connectivity index (χ1n) is 6.16. The first kappa shape index (κ1) is 14.6. The van der Waals surface area contributed by atoms with Crippen LogP contribution in [-0.4, -0.2) is 5.91 Å². The van der Waals surface area contributed by atoms with Crippen LogP contribution in [0.4, 0.5) is 11.4 Å². The van der Waals surface area contributed by atoms with Crippen molar-refractivity contribution in [2.75, 3.05) is 10.7 Å². The van der Waals surface area contributed by atoms with Gasteiger partial charge in [-0.2, -0.15) is 0 Å². The molecule has 0 heterocycles. The Kier molecular flexibility index (Phi) is 4.42. The summed E-state index contributed by atoms with van der Waals surface area (Å²) in [5.41, 5.74) is 6.46. The number of carbonyl (C=O) groups is 1. The molecule has 20 heavy (non-hydrogen) atoms. The summed E-state index contributed by atoms with van der Waals surface area (Å²) in [5, 5.41) is 2.89. The Morgan fingerprint density at radius 3 is 2.40 bits per heavy atom. The third-order valence-corrected chi connectivity index (χ3v) is 3.64. The highest BCUT2D eigenvalue weighted by Gasteiger charge is 2.13. The van der Waals surface area contributed by atoms with Crippen molar-refractivity contribution >= 4 is 33.2 Å². The van der Waals surface area contributed by atoms with Crippen LogP contribution in [0.2, 0.25) is 0 Å². The van der Waals surface area contributed by atoms with Gasteiger partial charge in [-0.25, -0.2) is 0 Å². The van der Waals surface area contributed by atoms with Gasteiger partial charge in [0.1, 0.15) is 0 Å². The van der Waals surface area contributed by atoms with E-state index in [1.54, 1.807) is 12.1 Å². The third kappa shape index (κ3) is 3.18. The lowest BCUT2D eigenvalue weighted by Crippen LogP contribution is -2.17. The monoisotopic (exact) mass is 333 g/mol. The van der Waals surface area contributed by atoms with E-state index >= 15 is 0 Å². The van der Waals surface area contributed by atoms with Gasteiger partial charge in [-0.15, -0.1) is 0 Å². The van der Waals surface area contributed by atoms with Crippen molar-refractivity contribution in [3.8, 4) is 0 Å². The maximum atomic E-state index is 12.4. The second kappa shape index (κ2) is 6.07. The molecule has 2 aromatic rings. The van der Waals surface area contributed by atoms with E-state index in [1.165, 1.54) is 0 Å². The predicted molar refractivity (Wildman–Crippen MR) is 85.8 cm³/mol. The summed E-state index contributed by atoms with van der Waals surface area (Å²) in [6.45, 7) is 3.90. The van der Waals surface area contributed by atoms with Crippen LogP contribution >= 0.6 is 15.9 Å². The maximum Gasteiger partial charge on any atom is 0.257 e. The number of nitrogen functional groups attached to an aromatic ring is 1. The van der Waals surface area contributed by atoms with E-state index in [0.29, 0.717) is 11.3 Å². The number of anilines is 2. The first-order valence-corrected chi connectivity index (χ1v) is 6.95. The molecule has 2 rings (SSSR count). The van der Waals surface area contributed by atoms with Crippen molar-refractivity contribution in [3.63, 3.8) is 0 Å². The number of hydrogen-bond donors (Lipinski definition) is 3. The first-order chi connectivity index (χ1) is 9.51. The molecule has 0 spiro atoms. The summed E-state index contributed by atoms with van der Waals surface area (Å²) in [6, 6.07) is 11.3. The van der Waals surface area contributed by atoms with E-state index in [-0.39, 0.29) is 5.91 Å². The molecule has 5 heteroatoms. The number of rotatable bonds is 3. The Morgan fingerprint density at radius 1 is 1.05 bits per heavy atom. The molecule has 0 aliphatic heterocycles. The third-order valence-electron chi connectivity index (χ3n) is 2.95. The van der Waals surface area contributed by atoms with Crippen LogP contribution in [0.5, 0.6) is 0 Å². The van der Waals surface area contributed by atoms with E-state index < -0.39 is 0 Å². The maximum absolute atomic E-state index is 12.4. The minimum absolute atomic E-state index is 0.201. The van der Waals surface area contributed by atoms with Gasteiger partial charge in [0, 0.05) is 4.47 Å². The highest BCUT2D eigenvalue weighted by molar-refractivity contribution is 9.10. The standard InChI is InChI=1S/C15H16BrN3O/c1-9-4-6-13(19-17)11(7-9)15(20)18-14-8-10(2)3-5-12(14)16/h3-8,19H,17H2,1-2H3,(H,18,20). The number of benzene rings is 2. The number of hydrogen-bond acceptors (Lipinski definition) is 3. The summed E-state index contributed by atoms with van der Waals surface area (Å²) in [7, 11) is 0. The van der Waals surface area contributed by atoms with Crippen LogP contribution in [0, 0.1) is 13.8 Å². The number of nitrogens with two attached hydrogens (primary N) is 1. The molecule has 104 valence electrons. The zero-order valence-electron chi connectivity index (χ0n) is 11.3. The van der Waals surface area contributed by atoms with Gasteiger partial charge < -0.3 is 10.7 Å². The number of amides is 1. The normalized spacial score (nSPS) is 10.2. The molecule has 0 radical (unpaired) electrons. The molecule has 4 nitrogen and oxygen atoms in total. The van der Waals surface area contributed by atoms with Crippen molar-refractivity contribution in [2.45, 2.75) is 13.8 Å². The fourth-order valence-corrected chi connectivity index (χ4v) is 2.24. The lowest BCUT2D eigenvalue weighted by Gasteiger charge is -2.12. The van der Waals surface area contributed by atoms with Crippen LogP contribution < -0.4 is 16.6 Å². The number of hydrazine groups is 1. The van der Waals surface area contributed by atoms with Gasteiger partial charge in [-0.1, -0.05) is 17.7 Å². The average molecular weight is 334 g/mol. The largest absolute Gasteiger partial charge is 0.323 e. The van der Waals surface area contributed by atoms with Crippen LogP contribution in [0.25, 0.3) is 0 Å². The molecule has 0 aliphatic rings. The van der Waals surface area contributed by atoms with Gasteiger partial charge in [0.25, 0.3) is 5.91 Å². The van der Waals surface area contributed by atoms with E-state index in [9.17, 15) is 4.79 Å². The lowest BCUT2D eigenvalue weighted by molar-refractivity contribution is 0.102. The Morgan fingerprint density at radius 2 is 1.70 bits per heavy atom. The molecular formula is C15H16BrN3O. The molecule has 0 atom stereocenters. The number of halogens is 1. The number of nitrogens with one attached hydrogen (secondary N) is 2. The van der Waals surface area contributed by atoms with Crippen LogP contribution in [0.1, 0.15) is 21.5 Å². The average Bonchev–Trinajstić information content (AvgIpc) is 2.42. The van der Waals surface area contributed by atoms with Crippen molar-refractivity contribution in [3.05, 3.63) is 57.6 Å². The Labute approximate surface area is 126 Å². The van der Waals surface area contributed by atoms with Crippen LogP contribution in [0.15, 0.2) is 40.9 Å². The fraction of sp³-hybridized carbons (Fsp3) is 0.133. The molecule has 1 amide bonds. The van der Waals surface area contributed by atoms with Gasteiger partial charge >= 0.3 is 0 Å². The summed E-state index contributed by atoms with van der Waals surface area (Å²) >= 11 is 3.43. The van der Waals surface area contributed by atoms with Gasteiger partial charge in [-0.3, -0.25) is 10.6 Å². The van der Waals surface area contributed by atoms with Crippen molar-refractivity contribution < 1.29 is 4.79 Å². The molecule has 0 saturated heterocycles. The quantitative estimate of drug-likeness (QED) is 0.593. The fourth-order valence-electron chi connectivity index (χ4n) is 1.90. The topological polar surface area (TPSA) is 67.2 Å². The molecular weight excluding hydrogens is 318 g/mol. The van der Waals surface area contributed by atoms with E-state index in [4.69, 9.17) is 5.84 Å². The molecule has 0 aliphatic carbocycles. The highest BCUT2D eigenvalue weighted by atomic mass is 79.9. The minimum Gasteiger partial charge on any atom is -0.323 e. The summed E-state index contributed by atoms with van der Waals surface area (Å²) < 4.78 is 0.839. The molecule has 2 aromatic carbocycles. The van der Waals surface area contributed by atoms with Crippen molar-refractivity contribution in [1.82, 2.24) is 0 Å². The number of aryl methyl sites for hydroxylation is 2. The summed E-state index contributed by atoms with van der Waals surface area (Å²) in [5.74, 6) is 5.25. The smallest absolute Gasteiger partial charge is 0.257 e. The minimum atomic E-state index is -0.201. The van der Waals surface area contributed by atoms with Gasteiger partial charge in [0.05, 0.1) is 16.9 Å². The van der Waals surface area contributed by atoms with Crippen LogP contribution in [-0.2, 0) is 0 Å². The van der Waals surface area contributed by atoms with E-state index in [2.05, 4.69) is 26.7 Å². The highest BCUT2D eigenvalue weighted by Crippen LogP contribution is 2.25.